The number of aliphatic hydroxyl groups is 1. The summed E-state index contributed by atoms with van der Waals surface area (Å²) in [6, 6.07) is -0.0961. The lowest BCUT2D eigenvalue weighted by Crippen LogP contribution is -2.30. The minimum Gasteiger partial charge on any atom is -0.476 e. The van der Waals surface area contributed by atoms with Crippen molar-refractivity contribution in [1.82, 2.24) is 9.97 Å². The minimum atomic E-state index is -0.0961. The summed E-state index contributed by atoms with van der Waals surface area (Å²) in [5.41, 5.74) is 6.31. The summed E-state index contributed by atoms with van der Waals surface area (Å²) in [7, 11) is 0. The molecule has 1 aromatic heterocycles. The molecule has 1 rings (SSSR count). The Morgan fingerprint density at radius 2 is 2.17 bits per heavy atom. The first-order chi connectivity index (χ1) is 8.60. The number of rotatable bonds is 7. The van der Waals surface area contributed by atoms with Gasteiger partial charge in [-0.1, -0.05) is 20.8 Å². The Balaban J connectivity index is 2.82. The number of nitrogens with zero attached hydrogens (tertiary/aromatic N) is 2. The first kappa shape index (κ1) is 14.5. The quantitative estimate of drug-likeness (QED) is 0.678. The van der Waals surface area contributed by atoms with Crippen molar-refractivity contribution in [2.24, 2.45) is 5.92 Å². The van der Waals surface area contributed by atoms with E-state index in [0.717, 1.165) is 6.42 Å². The first-order valence-electron chi connectivity index (χ1n) is 6.20. The van der Waals surface area contributed by atoms with E-state index in [9.17, 15) is 5.11 Å². The summed E-state index contributed by atoms with van der Waals surface area (Å²) in [5.74, 6) is 1.16. The van der Waals surface area contributed by atoms with Gasteiger partial charge in [-0.25, -0.2) is 4.98 Å². The van der Waals surface area contributed by atoms with Crippen molar-refractivity contribution < 1.29 is 9.84 Å². The first-order valence-corrected chi connectivity index (χ1v) is 6.20. The van der Waals surface area contributed by atoms with Gasteiger partial charge in [0.1, 0.15) is 12.0 Å². The third-order valence-corrected chi connectivity index (χ3v) is 2.61. The van der Waals surface area contributed by atoms with Gasteiger partial charge >= 0.3 is 0 Å². The molecule has 0 spiro atoms. The molecule has 0 amide bonds. The van der Waals surface area contributed by atoms with Gasteiger partial charge in [-0.05, 0) is 12.3 Å². The van der Waals surface area contributed by atoms with E-state index < -0.39 is 0 Å². The molecule has 6 heteroatoms. The van der Waals surface area contributed by atoms with Gasteiger partial charge in [-0.3, -0.25) is 0 Å². The third kappa shape index (κ3) is 3.73. The average molecular weight is 254 g/mol. The highest BCUT2D eigenvalue weighted by Gasteiger charge is 2.16. The van der Waals surface area contributed by atoms with Crippen molar-refractivity contribution in [1.29, 1.82) is 0 Å². The van der Waals surface area contributed by atoms with Gasteiger partial charge in [-0.15, -0.1) is 0 Å². The number of anilines is 2. The Bertz CT molecular complexity index is 371. The Morgan fingerprint density at radius 3 is 2.72 bits per heavy atom. The molecule has 0 aliphatic heterocycles. The van der Waals surface area contributed by atoms with E-state index in [0.29, 0.717) is 24.0 Å². The zero-order chi connectivity index (χ0) is 13.5. The molecule has 6 nitrogen and oxygen atoms in total. The Kier molecular flexibility index (Phi) is 5.64. The van der Waals surface area contributed by atoms with Gasteiger partial charge < -0.3 is 20.9 Å². The van der Waals surface area contributed by atoms with Crippen LogP contribution in [0.2, 0.25) is 0 Å². The van der Waals surface area contributed by atoms with E-state index in [-0.39, 0.29) is 18.6 Å². The number of aromatic nitrogens is 2. The summed E-state index contributed by atoms with van der Waals surface area (Å²) in [4.78, 5) is 8.07. The minimum absolute atomic E-state index is 0.0201. The number of hydrogen-bond donors (Lipinski definition) is 3. The lowest BCUT2D eigenvalue weighted by Gasteiger charge is -2.21. The summed E-state index contributed by atoms with van der Waals surface area (Å²) in [5, 5.41) is 12.4. The standard InChI is InChI=1S/C12H22N4O2/c1-4-5-18-12-10(13)11(14-7-15-12)16-9(6-17)8(2)3/h7-9,17H,4-6,13H2,1-3H3,(H,14,15,16)/t9-/m1/s1. The molecule has 0 fully saturated rings. The van der Waals surface area contributed by atoms with Crippen LogP contribution in [0.1, 0.15) is 27.2 Å². The number of hydrogen-bond acceptors (Lipinski definition) is 6. The highest BCUT2D eigenvalue weighted by molar-refractivity contribution is 5.66. The van der Waals surface area contributed by atoms with E-state index in [4.69, 9.17) is 10.5 Å². The van der Waals surface area contributed by atoms with Crippen LogP contribution in [0.25, 0.3) is 0 Å². The molecule has 0 aliphatic carbocycles. The van der Waals surface area contributed by atoms with Crippen LogP contribution in [0.4, 0.5) is 11.5 Å². The highest BCUT2D eigenvalue weighted by atomic mass is 16.5. The fraction of sp³-hybridized carbons (Fsp3) is 0.667. The molecular weight excluding hydrogens is 232 g/mol. The van der Waals surface area contributed by atoms with E-state index in [1.165, 1.54) is 6.33 Å². The van der Waals surface area contributed by atoms with Crippen LogP contribution in [0.15, 0.2) is 6.33 Å². The second kappa shape index (κ2) is 7.00. The van der Waals surface area contributed by atoms with Crippen LogP contribution in [-0.4, -0.2) is 34.3 Å². The Hall–Kier alpha value is -1.56. The number of ether oxygens (including phenoxy) is 1. The van der Waals surface area contributed by atoms with Crippen molar-refractivity contribution in [2.45, 2.75) is 33.2 Å². The monoisotopic (exact) mass is 254 g/mol. The van der Waals surface area contributed by atoms with Gasteiger partial charge in [0.2, 0.25) is 5.88 Å². The second-order valence-electron chi connectivity index (χ2n) is 4.47. The molecule has 0 unspecified atom stereocenters. The molecule has 0 saturated heterocycles. The molecule has 1 aromatic rings. The maximum atomic E-state index is 9.28. The van der Waals surface area contributed by atoms with Crippen molar-refractivity contribution >= 4 is 11.5 Å². The molecule has 1 heterocycles. The third-order valence-electron chi connectivity index (χ3n) is 2.61. The molecule has 4 N–H and O–H groups in total. The lowest BCUT2D eigenvalue weighted by atomic mass is 10.1. The van der Waals surface area contributed by atoms with Crippen LogP contribution in [0.5, 0.6) is 5.88 Å². The largest absolute Gasteiger partial charge is 0.476 e. The Labute approximate surface area is 108 Å². The number of nitrogens with two attached hydrogens (primary N) is 1. The molecule has 1 atom stereocenters. The van der Waals surface area contributed by atoms with Crippen LogP contribution >= 0.6 is 0 Å². The predicted octanol–water partition coefficient (Wildman–Crippen LogP) is 1.28. The van der Waals surface area contributed by atoms with Crippen molar-refractivity contribution in [3.63, 3.8) is 0 Å². The SMILES string of the molecule is CCCOc1ncnc(N[C@H](CO)C(C)C)c1N. The summed E-state index contributed by atoms with van der Waals surface area (Å²) in [6.45, 7) is 6.62. The predicted molar refractivity (Wildman–Crippen MR) is 71.6 cm³/mol. The van der Waals surface area contributed by atoms with E-state index in [1.54, 1.807) is 0 Å². The molecule has 0 saturated carbocycles. The van der Waals surface area contributed by atoms with Crippen LogP contribution in [-0.2, 0) is 0 Å². The van der Waals surface area contributed by atoms with Gasteiger partial charge in [0.05, 0.1) is 19.3 Å². The molecule has 102 valence electrons. The maximum absolute atomic E-state index is 9.28. The summed E-state index contributed by atoms with van der Waals surface area (Å²) < 4.78 is 5.42. The van der Waals surface area contributed by atoms with Crippen molar-refractivity contribution in [2.75, 3.05) is 24.3 Å². The second-order valence-corrected chi connectivity index (χ2v) is 4.47. The fourth-order valence-electron chi connectivity index (χ4n) is 1.41. The molecule has 0 aliphatic rings. The van der Waals surface area contributed by atoms with Gasteiger partial charge in [0.15, 0.2) is 5.82 Å². The van der Waals surface area contributed by atoms with Crippen molar-refractivity contribution in [3.8, 4) is 5.88 Å². The lowest BCUT2D eigenvalue weighted by molar-refractivity contribution is 0.249. The number of nitrogen functional groups attached to an aromatic ring is 1. The highest BCUT2D eigenvalue weighted by Crippen LogP contribution is 2.25. The molecule has 0 radical (unpaired) electrons. The van der Waals surface area contributed by atoms with E-state index in [1.807, 2.05) is 20.8 Å². The molecule has 18 heavy (non-hydrogen) atoms. The van der Waals surface area contributed by atoms with Gasteiger partial charge in [0, 0.05) is 0 Å². The molecule has 0 bridgehead atoms. The average Bonchev–Trinajstić information content (AvgIpc) is 2.35. The van der Waals surface area contributed by atoms with E-state index in [2.05, 4.69) is 15.3 Å². The van der Waals surface area contributed by atoms with Crippen LogP contribution < -0.4 is 15.8 Å². The molecular formula is C12H22N4O2. The van der Waals surface area contributed by atoms with Crippen molar-refractivity contribution in [3.05, 3.63) is 6.33 Å². The fourth-order valence-corrected chi connectivity index (χ4v) is 1.41. The zero-order valence-corrected chi connectivity index (χ0v) is 11.2. The van der Waals surface area contributed by atoms with Crippen LogP contribution in [0.3, 0.4) is 0 Å². The Morgan fingerprint density at radius 1 is 1.44 bits per heavy atom. The van der Waals surface area contributed by atoms with E-state index >= 15 is 0 Å². The maximum Gasteiger partial charge on any atom is 0.242 e. The summed E-state index contributed by atoms with van der Waals surface area (Å²) in [6.07, 6.45) is 2.29. The molecule has 0 aromatic carbocycles. The number of aliphatic hydroxyl groups excluding tert-OH is 1. The summed E-state index contributed by atoms with van der Waals surface area (Å²) >= 11 is 0. The van der Waals surface area contributed by atoms with Crippen LogP contribution in [0, 0.1) is 5.92 Å². The zero-order valence-electron chi connectivity index (χ0n) is 11.2. The topological polar surface area (TPSA) is 93.3 Å². The van der Waals surface area contributed by atoms with Gasteiger partial charge in [0.25, 0.3) is 0 Å². The number of nitrogens with one attached hydrogen (secondary N) is 1. The normalized spacial score (nSPS) is 12.5. The van der Waals surface area contributed by atoms with Gasteiger partial charge in [-0.2, -0.15) is 4.98 Å². The smallest absolute Gasteiger partial charge is 0.242 e.